The van der Waals surface area contributed by atoms with Gasteiger partial charge < -0.3 is 10.2 Å². The van der Waals surface area contributed by atoms with E-state index in [4.69, 9.17) is 0 Å². The summed E-state index contributed by atoms with van der Waals surface area (Å²) in [6.45, 7) is 2.23. The first-order valence-corrected chi connectivity index (χ1v) is 7.80. The Kier molecular flexibility index (Phi) is 4.20. The van der Waals surface area contributed by atoms with Crippen molar-refractivity contribution in [1.82, 2.24) is 9.78 Å². The summed E-state index contributed by atoms with van der Waals surface area (Å²) in [4.78, 5) is 25.3. The first-order valence-electron chi connectivity index (χ1n) is 7.80. The lowest BCUT2D eigenvalue weighted by Crippen LogP contribution is -2.48. The van der Waals surface area contributed by atoms with Crippen LogP contribution in [0.3, 0.4) is 0 Å². The molecule has 0 spiro atoms. The number of amides is 1. The van der Waals surface area contributed by atoms with Crippen LogP contribution in [0.15, 0.2) is 30.3 Å². The van der Waals surface area contributed by atoms with Gasteiger partial charge in [-0.25, -0.2) is 4.68 Å². The Bertz CT molecular complexity index is 772. The quantitative estimate of drug-likeness (QED) is 0.686. The molecule has 1 saturated heterocycles. The maximum absolute atomic E-state index is 12.8. The second-order valence-electron chi connectivity index (χ2n) is 5.83. The number of nitrogens with one attached hydrogen (secondary N) is 1. The standard InChI is InChI=1S/C16H19N5O3/c1-11-14(21(23)24)15(19(2)18-11)17-13-9-6-10-20(16(13)22)12-7-4-3-5-8-12/h3-5,7-8,13,17H,6,9-10H2,1-2H3/t13-/m1/s1. The molecule has 2 aromatic rings. The number of aromatic nitrogens is 2. The number of piperidine rings is 1. The highest BCUT2D eigenvalue weighted by Crippen LogP contribution is 2.30. The molecule has 0 unspecified atom stereocenters. The normalized spacial score (nSPS) is 17.8. The number of anilines is 2. The van der Waals surface area contributed by atoms with Crippen molar-refractivity contribution < 1.29 is 9.72 Å². The van der Waals surface area contributed by atoms with E-state index in [1.807, 2.05) is 30.3 Å². The number of hydrogen-bond donors (Lipinski definition) is 1. The van der Waals surface area contributed by atoms with Gasteiger partial charge in [0, 0.05) is 19.3 Å². The molecule has 8 nitrogen and oxygen atoms in total. The number of benzene rings is 1. The molecule has 2 heterocycles. The minimum absolute atomic E-state index is 0.0814. The molecule has 0 saturated carbocycles. The van der Waals surface area contributed by atoms with Crippen LogP contribution in [-0.4, -0.2) is 33.2 Å². The molecular formula is C16H19N5O3. The third-order valence-electron chi connectivity index (χ3n) is 4.19. The fourth-order valence-electron chi connectivity index (χ4n) is 3.07. The largest absolute Gasteiger partial charge is 0.353 e. The van der Waals surface area contributed by atoms with Crippen molar-refractivity contribution in [3.63, 3.8) is 0 Å². The van der Waals surface area contributed by atoms with Crippen LogP contribution in [0.2, 0.25) is 0 Å². The Morgan fingerprint density at radius 1 is 1.33 bits per heavy atom. The maximum Gasteiger partial charge on any atom is 0.333 e. The predicted molar refractivity (Wildman–Crippen MR) is 90.0 cm³/mol. The SMILES string of the molecule is Cc1nn(C)c(N[C@@H]2CCCN(c3ccccc3)C2=O)c1[N+](=O)[O-]. The van der Waals surface area contributed by atoms with Gasteiger partial charge in [0.2, 0.25) is 11.7 Å². The monoisotopic (exact) mass is 329 g/mol. The van der Waals surface area contributed by atoms with Gasteiger partial charge >= 0.3 is 5.69 Å². The molecule has 1 fully saturated rings. The average molecular weight is 329 g/mol. The van der Waals surface area contributed by atoms with Crippen molar-refractivity contribution in [1.29, 1.82) is 0 Å². The molecule has 24 heavy (non-hydrogen) atoms. The van der Waals surface area contributed by atoms with E-state index in [9.17, 15) is 14.9 Å². The van der Waals surface area contributed by atoms with Crippen LogP contribution in [0.25, 0.3) is 0 Å². The van der Waals surface area contributed by atoms with Crippen molar-refractivity contribution in [3.8, 4) is 0 Å². The highest BCUT2D eigenvalue weighted by molar-refractivity contribution is 5.99. The number of hydrogen-bond acceptors (Lipinski definition) is 5. The van der Waals surface area contributed by atoms with Crippen LogP contribution < -0.4 is 10.2 Å². The molecule has 3 rings (SSSR count). The first kappa shape index (κ1) is 16.0. The van der Waals surface area contributed by atoms with Gasteiger partial charge in [0.15, 0.2) is 0 Å². The Morgan fingerprint density at radius 3 is 2.71 bits per heavy atom. The third kappa shape index (κ3) is 2.82. The van der Waals surface area contributed by atoms with Gasteiger partial charge in [0.25, 0.3) is 0 Å². The van der Waals surface area contributed by atoms with Crippen molar-refractivity contribution >= 4 is 23.1 Å². The van der Waals surface area contributed by atoms with Crippen molar-refractivity contribution in [2.75, 3.05) is 16.8 Å². The Balaban J connectivity index is 1.86. The third-order valence-corrected chi connectivity index (χ3v) is 4.19. The van der Waals surface area contributed by atoms with E-state index in [0.717, 1.165) is 12.1 Å². The number of carbonyl (C=O) groups excluding carboxylic acids is 1. The topological polar surface area (TPSA) is 93.3 Å². The van der Waals surface area contributed by atoms with Crippen LogP contribution in [0, 0.1) is 17.0 Å². The van der Waals surface area contributed by atoms with E-state index < -0.39 is 11.0 Å². The molecule has 1 aromatic carbocycles. The molecule has 1 aliphatic heterocycles. The van der Waals surface area contributed by atoms with Gasteiger partial charge in [-0.15, -0.1) is 0 Å². The molecule has 1 N–H and O–H groups in total. The van der Waals surface area contributed by atoms with Gasteiger partial charge in [-0.3, -0.25) is 14.9 Å². The summed E-state index contributed by atoms with van der Waals surface area (Å²) in [5, 5.41) is 18.4. The van der Waals surface area contributed by atoms with Crippen LogP contribution in [0.4, 0.5) is 17.2 Å². The van der Waals surface area contributed by atoms with E-state index >= 15 is 0 Å². The molecule has 0 radical (unpaired) electrons. The van der Waals surface area contributed by atoms with E-state index in [1.165, 1.54) is 4.68 Å². The minimum atomic E-state index is -0.507. The van der Waals surface area contributed by atoms with Gasteiger partial charge in [-0.1, -0.05) is 18.2 Å². The minimum Gasteiger partial charge on any atom is -0.353 e. The number of carbonyl (C=O) groups is 1. The first-order chi connectivity index (χ1) is 11.5. The molecule has 0 bridgehead atoms. The fourth-order valence-corrected chi connectivity index (χ4v) is 3.07. The predicted octanol–water partition coefficient (Wildman–Crippen LogP) is 2.24. The lowest BCUT2D eigenvalue weighted by Gasteiger charge is -2.32. The zero-order valence-corrected chi connectivity index (χ0v) is 13.6. The molecule has 8 heteroatoms. The molecule has 1 aliphatic rings. The van der Waals surface area contributed by atoms with Gasteiger partial charge in [0.05, 0.1) is 4.92 Å². The second kappa shape index (κ2) is 6.31. The highest BCUT2D eigenvalue weighted by atomic mass is 16.6. The van der Waals surface area contributed by atoms with Crippen LogP contribution in [0.1, 0.15) is 18.5 Å². The zero-order valence-electron chi connectivity index (χ0n) is 13.6. The summed E-state index contributed by atoms with van der Waals surface area (Å²) in [5.74, 6) is 0.186. The van der Waals surface area contributed by atoms with Crippen molar-refractivity contribution in [2.45, 2.75) is 25.8 Å². The summed E-state index contributed by atoms with van der Waals surface area (Å²) in [6.07, 6.45) is 1.45. The molecule has 1 atom stereocenters. The zero-order chi connectivity index (χ0) is 17.3. The van der Waals surface area contributed by atoms with Crippen LogP contribution in [-0.2, 0) is 11.8 Å². The van der Waals surface area contributed by atoms with Gasteiger partial charge in [-0.05, 0) is 31.9 Å². The van der Waals surface area contributed by atoms with Gasteiger partial charge in [-0.2, -0.15) is 5.10 Å². The Hall–Kier alpha value is -2.90. The molecular weight excluding hydrogens is 310 g/mol. The maximum atomic E-state index is 12.8. The molecule has 1 aromatic heterocycles. The number of rotatable bonds is 4. The molecule has 0 aliphatic carbocycles. The highest BCUT2D eigenvalue weighted by Gasteiger charge is 2.33. The van der Waals surface area contributed by atoms with Crippen LogP contribution in [0.5, 0.6) is 0 Å². The molecule has 1 amide bonds. The van der Waals surface area contributed by atoms with Crippen LogP contribution >= 0.6 is 0 Å². The smallest absolute Gasteiger partial charge is 0.333 e. The number of nitro groups is 1. The van der Waals surface area contributed by atoms with E-state index in [0.29, 0.717) is 18.7 Å². The fraction of sp³-hybridized carbons (Fsp3) is 0.375. The summed E-state index contributed by atoms with van der Waals surface area (Å²) >= 11 is 0. The van der Waals surface area contributed by atoms with E-state index in [-0.39, 0.29) is 17.4 Å². The van der Waals surface area contributed by atoms with E-state index in [1.54, 1.807) is 18.9 Å². The average Bonchev–Trinajstić information content (AvgIpc) is 2.84. The van der Waals surface area contributed by atoms with Crippen molar-refractivity contribution in [3.05, 3.63) is 46.1 Å². The van der Waals surface area contributed by atoms with Gasteiger partial charge in [0.1, 0.15) is 11.7 Å². The summed E-state index contributed by atoms with van der Waals surface area (Å²) in [5.41, 5.74) is 1.08. The number of aryl methyl sites for hydroxylation is 2. The number of para-hydroxylation sites is 1. The lowest BCUT2D eigenvalue weighted by molar-refractivity contribution is -0.384. The number of nitrogens with zero attached hydrogens (tertiary/aromatic N) is 4. The summed E-state index contributed by atoms with van der Waals surface area (Å²) in [6, 6.07) is 8.93. The lowest BCUT2D eigenvalue weighted by atomic mass is 10.0. The molecule has 126 valence electrons. The Labute approximate surface area is 139 Å². The summed E-state index contributed by atoms with van der Waals surface area (Å²) < 4.78 is 1.42. The summed E-state index contributed by atoms with van der Waals surface area (Å²) in [7, 11) is 1.63. The van der Waals surface area contributed by atoms with E-state index in [2.05, 4.69) is 10.4 Å². The Morgan fingerprint density at radius 2 is 2.04 bits per heavy atom. The second-order valence-corrected chi connectivity index (χ2v) is 5.83. The van der Waals surface area contributed by atoms with Crippen molar-refractivity contribution in [2.24, 2.45) is 7.05 Å².